The van der Waals surface area contributed by atoms with Gasteiger partial charge in [-0.2, -0.15) is 4.98 Å². The number of nitrogens with zero attached hydrogens (tertiary/aromatic N) is 3. The van der Waals surface area contributed by atoms with E-state index in [0.29, 0.717) is 5.95 Å². The number of nitrogens with two attached hydrogens (primary N) is 1. The third-order valence-corrected chi connectivity index (χ3v) is 1.21. The molecule has 1 aromatic rings. The molecule has 1 heterocycles. The minimum atomic E-state index is -1.01. The third-order valence-electron chi connectivity index (χ3n) is 1.21. The van der Waals surface area contributed by atoms with Crippen LogP contribution in [0.25, 0.3) is 0 Å². The lowest BCUT2D eigenvalue weighted by Crippen LogP contribution is -2.12. The second-order valence-corrected chi connectivity index (χ2v) is 2.09. The first kappa shape index (κ1) is 8.31. The number of aromatic nitrogens is 3. The Bertz CT molecular complexity index is 294. The van der Waals surface area contributed by atoms with Gasteiger partial charge in [0.15, 0.2) is 0 Å². The molecule has 0 atom stereocenters. The minimum Gasteiger partial charge on any atom is -0.480 e. The summed E-state index contributed by atoms with van der Waals surface area (Å²) in [6.45, 7) is -0.277. The van der Waals surface area contributed by atoms with E-state index >= 15 is 0 Å². The molecule has 7 nitrogen and oxygen atoms in total. The van der Waals surface area contributed by atoms with Crippen molar-refractivity contribution in [2.75, 3.05) is 18.1 Å². The van der Waals surface area contributed by atoms with Gasteiger partial charge in [-0.3, -0.25) is 4.79 Å². The fourth-order valence-electron chi connectivity index (χ4n) is 0.705. The van der Waals surface area contributed by atoms with Crippen LogP contribution >= 0.6 is 0 Å². The lowest BCUT2D eigenvalue weighted by atomic mass is 10.7. The average molecular weight is 171 g/mol. The average Bonchev–Trinajstić information content (AvgIpc) is 2.31. The summed E-state index contributed by atoms with van der Waals surface area (Å²) in [5, 5.41) is 14.8. The second kappa shape index (κ2) is 3.07. The van der Waals surface area contributed by atoms with Crippen LogP contribution in [0.1, 0.15) is 0 Å². The van der Waals surface area contributed by atoms with Crippen molar-refractivity contribution in [3.63, 3.8) is 0 Å². The first-order valence-corrected chi connectivity index (χ1v) is 3.23. The van der Waals surface area contributed by atoms with E-state index < -0.39 is 5.97 Å². The van der Waals surface area contributed by atoms with Gasteiger partial charge in [-0.15, -0.1) is 5.10 Å². The molecular formula is C5H9N5O2. The van der Waals surface area contributed by atoms with Crippen molar-refractivity contribution in [2.24, 2.45) is 0 Å². The van der Waals surface area contributed by atoms with E-state index in [1.54, 1.807) is 7.05 Å². The maximum atomic E-state index is 10.3. The molecule has 0 bridgehead atoms. The van der Waals surface area contributed by atoms with Crippen molar-refractivity contribution in [2.45, 2.75) is 6.54 Å². The highest BCUT2D eigenvalue weighted by Gasteiger charge is 2.07. The van der Waals surface area contributed by atoms with Crippen LogP contribution in [0.3, 0.4) is 0 Å². The molecule has 1 aromatic heterocycles. The lowest BCUT2D eigenvalue weighted by molar-refractivity contribution is -0.137. The standard InChI is InChI=1S/C5H9N5O2/c1-7-5-8-4(6)10(9-5)2-3(11)12/h2H2,1H3,(H,11,12)(H3,6,7,8,9). The van der Waals surface area contributed by atoms with Gasteiger partial charge in [-0.25, -0.2) is 4.68 Å². The summed E-state index contributed by atoms with van der Waals surface area (Å²) < 4.78 is 1.11. The van der Waals surface area contributed by atoms with E-state index in [4.69, 9.17) is 10.8 Å². The van der Waals surface area contributed by atoms with Crippen LogP contribution in [0.2, 0.25) is 0 Å². The first-order valence-electron chi connectivity index (χ1n) is 3.23. The predicted octanol–water partition coefficient (Wildman–Crippen LogP) is -1.01. The summed E-state index contributed by atoms with van der Waals surface area (Å²) >= 11 is 0. The number of nitrogens with one attached hydrogen (secondary N) is 1. The van der Waals surface area contributed by atoms with Gasteiger partial charge < -0.3 is 16.2 Å². The van der Waals surface area contributed by atoms with Crippen LogP contribution in [-0.2, 0) is 11.3 Å². The molecule has 0 aliphatic rings. The van der Waals surface area contributed by atoms with Crippen molar-refractivity contribution in [1.82, 2.24) is 14.8 Å². The first-order chi connectivity index (χ1) is 5.63. The zero-order valence-electron chi connectivity index (χ0n) is 6.48. The molecule has 7 heteroatoms. The number of carbonyl (C=O) groups is 1. The number of carboxylic acids is 1. The van der Waals surface area contributed by atoms with Crippen molar-refractivity contribution in [1.29, 1.82) is 0 Å². The Labute approximate surface area is 68.2 Å². The Morgan fingerprint density at radius 1 is 1.83 bits per heavy atom. The zero-order valence-corrected chi connectivity index (χ0v) is 6.48. The van der Waals surface area contributed by atoms with E-state index in [9.17, 15) is 4.79 Å². The Kier molecular flexibility index (Phi) is 2.13. The van der Waals surface area contributed by atoms with Gasteiger partial charge in [0.05, 0.1) is 0 Å². The molecule has 0 fully saturated rings. The highest BCUT2D eigenvalue weighted by Crippen LogP contribution is 2.02. The molecule has 0 saturated carbocycles. The minimum absolute atomic E-state index is 0.0850. The van der Waals surface area contributed by atoms with Gasteiger partial charge in [0.2, 0.25) is 11.9 Å². The largest absolute Gasteiger partial charge is 0.480 e. The van der Waals surface area contributed by atoms with E-state index in [0.717, 1.165) is 4.68 Å². The molecule has 0 aromatic carbocycles. The fourth-order valence-corrected chi connectivity index (χ4v) is 0.705. The van der Waals surface area contributed by atoms with Crippen LogP contribution in [0.4, 0.5) is 11.9 Å². The molecule has 4 N–H and O–H groups in total. The molecule has 66 valence electrons. The fraction of sp³-hybridized carbons (Fsp3) is 0.400. The molecule has 0 amide bonds. The molecule has 0 aliphatic heterocycles. The Hall–Kier alpha value is -1.79. The number of hydrogen-bond donors (Lipinski definition) is 3. The van der Waals surface area contributed by atoms with Gasteiger partial charge >= 0.3 is 5.97 Å². The maximum absolute atomic E-state index is 10.3. The van der Waals surface area contributed by atoms with E-state index in [-0.39, 0.29) is 12.5 Å². The van der Waals surface area contributed by atoms with Crippen molar-refractivity contribution < 1.29 is 9.90 Å². The van der Waals surface area contributed by atoms with Crippen LogP contribution in [0, 0.1) is 0 Å². The quantitative estimate of drug-likeness (QED) is 0.537. The van der Waals surface area contributed by atoms with Crippen LogP contribution in [0.15, 0.2) is 0 Å². The number of aliphatic carboxylic acids is 1. The summed E-state index contributed by atoms with van der Waals surface area (Å²) in [7, 11) is 1.62. The predicted molar refractivity (Wildman–Crippen MR) is 41.6 cm³/mol. The number of rotatable bonds is 3. The van der Waals surface area contributed by atoms with E-state index in [1.165, 1.54) is 0 Å². The maximum Gasteiger partial charge on any atom is 0.325 e. The molecule has 0 saturated heterocycles. The summed E-state index contributed by atoms with van der Waals surface area (Å²) in [4.78, 5) is 14.0. The summed E-state index contributed by atoms with van der Waals surface area (Å²) in [6, 6.07) is 0. The summed E-state index contributed by atoms with van der Waals surface area (Å²) in [5.41, 5.74) is 5.35. The molecule has 0 spiro atoms. The number of anilines is 2. The monoisotopic (exact) mass is 171 g/mol. The molecule has 0 radical (unpaired) electrons. The molecule has 0 unspecified atom stereocenters. The Morgan fingerprint density at radius 2 is 2.50 bits per heavy atom. The molecule has 0 aliphatic carbocycles. The van der Waals surface area contributed by atoms with Crippen molar-refractivity contribution in [3.8, 4) is 0 Å². The molecule has 12 heavy (non-hydrogen) atoms. The van der Waals surface area contributed by atoms with E-state index in [1.807, 2.05) is 0 Å². The van der Waals surface area contributed by atoms with Gasteiger partial charge in [-0.05, 0) is 0 Å². The molecule has 1 rings (SSSR count). The topological polar surface area (TPSA) is 106 Å². The van der Waals surface area contributed by atoms with Crippen molar-refractivity contribution >= 4 is 17.9 Å². The zero-order chi connectivity index (χ0) is 9.14. The second-order valence-electron chi connectivity index (χ2n) is 2.09. The smallest absolute Gasteiger partial charge is 0.325 e. The third kappa shape index (κ3) is 1.62. The SMILES string of the molecule is CNc1nc(N)n(CC(=O)O)n1. The lowest BCUT2D eigenvalue weighted by Gasteiger charge is -1.95. The van der Waals surface area contributed by atoms with E-state index in [2.05, 4.69) is 15.4 Å². The van der Waals surface area contributed by atoms with Gasteiger partial charge in [0.25, 0.3) is 0 Å². The normalized spacial score (nSPS) is 9.75. The highest BCUT2D eigenvalue weighted by molar-refractivity contribution is 5.66. The number of carboxylic acid groups (broad SMARTS) is 1. The number of hydrogen-bond acceptors (Lipinski definition) is 5. The van der Waals surface area contributed by atoms with Crippen molar-refractivity contribution in [3.05, 3.63) is 0 Å². The van der Waals surface area contributed by atoms with Gasteiger partial charge in [0, 0.05) is 7.05 Å². The van der Waals surface area contributed by atoms with Crippen LogP contribution < -0.4 is 11.1 Å². The highest BCUT2D eigenvalue weighted by atomic mass is 16.4. The van der Waals surface area contributed by atoms with Crippen LogP contribution in [-0.4, -0.2) is 32.9 Å². The van der Waals surface area contributed by atoms with Gasteiger partial charge in [0.1, 0.15) is 6.54 Å². The summed E-state index contributed by atoms with van der Waals surface area (Å²) in [5.74, 6) is -0.607. The van der Waals surface area contributed by atoms with Gasteiger partial charge in [-0.1, -0.05) is 0 Å². The number of nitrogen functional groups attached to an aromatic ring is 1. The van der Waals surface area contributed by atoms with Crippen LogP contribution in [0.5, 0.6) is 0 Å². The summed E-state index contributed by atoms with van der Waals surface area (Å²) in [6.07, 6.45) is 0. The Balaban J connectivity index is 2.84. The molecular weight excluding hydrogens is 162 g/mol. The Morgan fingerprint density at radius 3 is 2.92 bits per heavy atom.